The molecule has 6 nitrogen and oxygen atoms in total. The molecule has 0 aromatic carbocycles. The van der Waals surface area contributed by atoms with Gasteiger partial charge in [-0.15, -0.1) is 11.3 Å². The molecule has 3 N–H and O–H groups in total. The van der Waals surface area contributed by atoms with Gasteiger partial charge in [0, 0.05) is 18.5 Å². The molecule has 1 aliphatic rings. The minimum atomic E-state index is -0.165. The summed E-state index contributed by atoms with van der Waals surface area (Å²) >= 11 is 1.26. The van der Waals surface area contributed by atoms with Crippen LogP contribution in [-0.4, -0.2) is 39.0 Å². The number of nitrogens with two attached hydrogens (primary N) is 1. The Morgan fingerprint density at radius 1 is 1.38 bits per heavy atom. The highest BCUT2D eigenvalue weighted by Crippen LogP contribution is 2.34. The molecule has 1 fully saturated rings. The molecule has 21 heavy (non-hydrogen) atoms. The lowest BCUT2D eigenvalue weighted by molar-refractivity contribution is 0.0632. The van der Waals surface area contributed by atoms with Gasteiger partial charge in [0.15, 0.2) is 0 Å². The van der Waals surface area contributed by atoms with E-state index in [0.29, 0.717) is 21.2 Å². The van der Waals surface area contributed by atoms with Crippen LogP contribution in [0.25, 0.3) is 10.2 Å². The first kappa shape index (κ1) is 14.1. The third-order valence-corrected chi connectivity index (χ3v) is 5.01. The molecule has 0 atom stereocenters. The van der Waals surface area contributed by atoms with Gasteiger partial charge in [-0.1, -0.05) is 13.8 Å². The molecule has 0 radical (unpaired) electrons. The van der Waals surface area contributed by atoms with E-state index < -0.39 is 0 Å². The predicted octanol–water partition coefficient (Wildman–Crippen LogP) is 2.24. The lowest BCUT2D eigenvalue weighted by atomic mass is 9.82. The zero-order valence-corrected chi connectivity index (χ0v) is 12.9. The van der Waals surface area contributed by atoms with Gasteiger partial charge in [0.1, 0.15) is 10.2 Å². The third kappa shape index (κ3) is 2.53. The number of hydrogen-bond acceptors (Lipinski definition) is 6. The lowest BCUT2D eigenvalue weighted by Crippen LogP contribution is -2.41. The van der Waals surface area contributed by atoms with E-state index in [0.717, 1.165) is 25.9 Å². The number of nitrogens with zero attached hydrogens (tertiary/aromatic N) is 3. The zero-order valence-electron chi connectivity index (χ0n) is 12.1. The summed E-state index contributed by atoms with van der Waals surface area (Å²) in [5.74, 6) is -0.234. The minimum absolute atomic E-state index is 0.0211. The first-order valence-corrected chi connectivity index (χ1v) is 7.78. The Morgan fingerprint density at radius 2 is 2.05 bits per heavy atom. The largest absolute Gasteiger partial charge is 0.492 e. The Bertz CT molecular complexity index is 700. The molecule has 112 valence electrons. The Balaban J connectivity index is 1.92. The maximum Gasteiger partial charge on any atom is 0.256 e. The van der Waals surface area contributed by atoms with Gasteiger partial charge in [0.25, 0.3) is 5.91 Å². The van der Waals surface area contributed by atoms with Crippen molar-refractivity contribution in [1.29, 1.82) is 0 Å². The van der Waals surface area contributed by atoms with E-state index >= 15 is 0 Å². The van der Waals surface area contributed by atoms with Crippen molar-refractivity contribution in [2.45, 2.75) is 26.7 Å². The molecule has 3 heterocycles. The van der Waals surface area contributed by atoms with Gasteiger partial charge in [0.2, 0.25) is 11.8 Å². The number of carbonyl (C=O) groups is 1. The number of rotatable bonds is 1. The SMILES string of the molecule is CC1(C)CCN(C(=O)c2csc3c(O)nc(N)nc23)CC1. The summed E-state index contributed by atoms with van der Waals surface area (Å²) in [5, 5.41) is 11.5. The molecule has 0 bridgehead atoms. The molecule has 2 aromatic rings. The monoisotopic (exact) mass is 306 g/mol. The Hall–Kier alpha value is -1.89. The number of anilines is 1. The number of hydrogen-bond donors (Lipinski definition) is 2. The van der Waals surface area contributed by atoms with Gasteiger partial charge in [0.05, 0.1) is 5.56 Å². The first-order chi connectivity index (χ1) is 9.87. The second-order valence-corrected chi connectivity index (χ2v) is 7.07. The number of aromatic nitrogens is 2. The van der Waals surface area contributed by atoms with E-state index in [-0.39, 0.29) is 17.7 Å². The normalized spacial score (nSPS) is 18.1. The van der Waals surface area contributed by atoms with Gasteiger partial charge in [-0.25, -0.2) is 4.98 Å². The zero-order chi connectivity index (χ0) is 15.2. The number of aromatic hydroxyl groups is 1. The van der Waals surface area contributed by atoms with Crippen molar-refractivity contribution in [2.24, 2.45) is 5.41 Å². The fourth-order valence-corrected chi connectivity index (χ4v) is 3.42. The number of carbonyl (C=O) groups excluding carboxylic acids is 1. The van der Waals surface area contributed by atoms with Gasteiger partial charge in [-0.2, -0.15) is 4.98 Å². The minimum Gasteiger partial charge on any atom is -0.492 e. The summed E-state index contributed by atoms with van der Waals surface area (Å²) in [4.78, 5) is 22.3. The summed E-state index contributed by atoms with van der Waals surface area (Å²) in [6.07, 6.45) is 1.98. The Labute approximate surface area is 126 Å². The number of piperidine rings is 1. The second kappa shape index (κ2) is 4.84. The van der Waals surface area contributed by atoms with E-state index in [1.165, 1.54) is 11.3 Å². The van der Waals surface area contributed by atoms with E-state index in [2.05, 4.69) is 23.8 Å². The van der Waals surface area contributed by atoms with Crippen molar-refractivity contribution in [3.8, 4) is 5.88 Å². The highest BCUT2D eigenvalue weighted by atomic mass is 32.1. The summed E-state index contributed by atoms with van der Waals surface area (Å²) in [6, 6.07) is 0. The quantitative estimate of drug-likeness (QED) is 0.843. The van der Waals surface area contributed by atoms with Crippen LogP contribution in [-0.2, 0) is 0 Å². The average molecular weight is 306 g/mol. The second-order valence-electron chi connectivity index (χ2n) is 6.19. The number of amides is 1. The number of nitrogen functional groups attached to an aromatic ring is 1. The maximum atomic E-state index is 12.7. The Kier molecular flexibility index (Phi) is 3.24. The van der Waals surface area contributed by atoms with E-state index in [1.54, 1.807) is 5.38 Å². The van der Waals surface area contributed by atoms with Crippen molar-refractivity contribution >= 4 is 33.4 Å². The molecule has 3 rings (SSSR count). The van der Waals surface area contributed by atoms with Crippen molar-refractivity contribution in [3.05, 3.63) is 10.9 Å². The van der Waals surface area contributed by atoms with Crippen LogP contribution in [0.4, 0.5) is 5.95 Å². The van der Waals surface area contributed by atoms with Crippen LogP contribution in [0.2, 0.25) is 0 Å². The van der Waals surface area contributed by atoms with Crippen molar-refractivity contribution in [2.75, 3.05) is 18.8 Å². The van der Waals surface area contributed by atoms with Crippen LogP contribution in [0.3, 0.4) is 0 Å². The standard InChI is InChI=1S/C14H18N4O2S/c1-14(2)3-5-18(6-4-14)12(20)8-7-21-10-9(8)16-13(15)17-11(10)19/h7H,3-6H2,1-2H3,(H3,15,16,17,19). The molecule has 0 unspecified atom stereocenters. The van der Waals surface area contributed by atoms with Crippen molar-refractivity contribution in [3.63, 3.8) is 0 Å². The average Bonchev–Trinajstić information content (AvgIpc) is 2.82. The van der Waals surface area contributed by atoms with Crippen LogP contribution in [0, 0.1) is 5.41 Å². The number of thiophene rings is 1. The topological polar surface area (TPSA) is 92.3 Å². The van der Waals surface area contributed by atoms with Crippen LogP contribution < -0.4 is 5.73 Å². The molecule has 1 saturated heterocycles. The summed E-state index contributed by atoms with van der Waals surface area (Å²) in [6.45, 7) is 5.94. The van der Waals surface area contributed by atoms with Crippen LogP contribution in [0.15, 0.2) is 5.38 Å². The van der Waals surface area contributed by atoms with E-state index in [9.17, 15) is 9.90 Å². The van der Waals surface area contributed by atoms with Gasteiger partial charge >= 0.3 is 0 Å². The van der Waals surface area contributed by atoms with E-state index in [1.807, 2.05) is 4.90 Å². The fourth-order valence-electron chi connectivity index (χ4n) is 2.56. The summed E-state index contributed by atoms with van der Waals surface area (Å²) in [5.41, 5.74) is 6.80. The first-order valence-electron chi connectivity index (χ1n) is 6.90. The molecule has 2 aromatic heterocycles. The van der Waals surface area contributed by atoms with Crippen molar-refractivity contribution < 1.29 is 9.90 Å². The highest BCUT2D eigenvalue weighted by Gasteiger charge is 2.30. The van der Waals surface area contributed by atoms with Crippen LogP contribution in [0.5, 0.6) is 5.88 Å². The van der Waals surface area contributed by atoms with Gasteiger partial charge in [-0.05, 0) is 18.3 Å². The number of fused-ring (bicyclic) bond motifs is 1. The summed E-state index contributed by atoms with van der Waals surface area (Å²) in [7, 11) is 0. The van der Waals surface area contributed by atoms with Gasteiger partial charge < -0.3 is 15.7 Å². The van der Waals surface area contributed by atoms with Gasteiger partial charge in [-0.3, -0.25) is 4.79 Å². The lowest BCUT2D eigenvalue weighted by Gasteiger charge is -2.36. The predicted molar refractivity (Wildman–Crippen MR) is 82.4 cm³/mol. The van der Waals surface area contributed by atoms with Crippen LogP contribution >= 0.6 is 11.3 Å². The fraction of sp³-hybridized carbons (Fsp3) is 0.500. The maximum absolute atomic E-state index is 12.7. The molecule has 0 spiro atoms. The number of likely N-dealkylation sites (tertiary alicyclic amines) is 1. The smallest absolute Gasteiger partial charge is 0.256 e. The van der Waals surface area contributed by atoms with E-state index in [4.69, 9.17) is 5.73 Å². The van der Waals surface area contributed by atoms with Crippen LogP contribution in [0.1, 0.15) is 37.0 Å². The molecule has 1 amide bonds. The Morgan fingerprint density at radius 3 is 2.71 bits per heavy atom. The van der Waals surface area contributed by atoms with Crippen molar-refractivity contribution in [1.82, 2.24) is 14.9 Å². The highest BCUT2D eigenvalue weighted by molar-refractivity contribution is 7.17. The molecule has 7 heteroatoms. The molecular formula is C14H18N4O2S. The molecule has 0 saturated carbocycles. The third-order valence-electron chi connectivity index (χ3n) is 4.05. The molecule has 0 aliphatic carbocycles. The summed E-state index contributed by atoms with van der Waals surface area (Å²) < 4.78 is 0.505. The molecular weight excluding hydrogens is 288 g/mol. The molecule has 1 aliphatic heterocycles.